The highest BCUT2D eigenvalue weighted by molar-refractivity contribution is 6.31. The van der Waals surface area contributed by atoms with E-state index in [-0.39, 0.29) is 11.3 Å². The van der Waals surface area contributed by atoms with Gasteiger partial charge in [0, 0.05) is 17.6 Å². The molecule has 1 aromatic rings. The molecule has 1 aliphatic carbocycles. The monoisotopic (exact) mass is 296 g/mol. The van der Waals surface area contributed by atoms with Gasteiger partial charge in [0.15, 0.2) is 0 Å². The van der Waals surface area contributed by atoms with Gasteiger partial charge in [-0.25, -0.2) is 0 Å². The Morgan fingerprint density at radius 2 is 2.25 bits per heavy atom. The number of benzene rings is 1. The minimum atomic E-state index is -0.566. The molecule has 1 N–H and O–H groups in total. The molecule has 0 saturated heterocycles. The molecule has 2 rings (SSSR count). The van der Waals surface area contributed by atoms with Crippen LogP contribution in [0.2, 0.25) is 5.02 Å². The number of rotatable bonds is 4. The van der Waals surface area contributed by atoms with Gasteiger partial charge < -0.3 is 5.32 Å². The lowest BCUT2D eigenvalue weighted by Gasteiger charge is -2.15. The van der Waals surface area contributed by atoms with Crippen LogP contribution >= 0.6 is 11.6 Å². The third-order valence-corrected chi connectivity index (χ3v) is 4.20. The zero-order valence-corrected chi connectivity index (χ0v) is 12.0. The van der Waals surface area contributed by atoms with Crippen LogP contribution in [0.4, 0.5) is 5.69 Å². The number of nitro benzene ring substituents is 1. The molecule has 2 atom stereocenters. The van der Waals surface area contributed by atoms with E-state index >= 15 is 0 Å². The van der Waals surface area contributed by atoms with Gasteiger partial charge in [-0.2, -0.15) is 0 Å². The lowest BCUT2D eigenvalue weighted by molar-refractivity contribution is -0.385. The number of nitro groups is 1. The molecule has 5 nitrogen and oxygen atoms in total. The summed E-state index contributed by atoms with van der Waals surface area (Å²) in [7, 11) is 0. The number of amides is 1. The molecule has 1 amide bonds. The molecule has 0 bridgehead atoms. The number of hydrogen-bond acceptors (Lipinski definition) is 3. The summed E-state index contributed by atoms with van der Waals surface area (Å²) in [4.78, 5) is 22.5. The van der Waals surface area contributed by atoms with E-state index in [1.807, 2.05) is 0 Å². The highest BCUT2D eigenvalue weighted by atomic mass is 35.5. The highest BCUT2D eigenvalue weighted by Gasteiger charge is 2.25. The van der Waals surface area contributed by atoms with Crippen LogP contribution in [-0.4, -0.2) is 17.4 Å². The van der Waals surface area contributed by atoms with Gasteiger partial charge in [-0.1, -0.05) is 31.4 Å². The first-order chi connectivity index (χ1) is 9.49. The van der Waals surface area contributed by atoms with Crippen LogP contribution in [0.15, 0.2) is 18.2 Å². The van der Waals surface area contributed by atoms with Crippen molar-refractivity contribution in [3.63, 3.8) is 0 Å². The standard InChI is InChI=1S/C14H17ClN2O3/c1-9-3-2-4-10(9)8-16-14(18)12-7-11(15)5-6-13(12)17(19)20/h5-7,9-10H,2-4,8H2,1H3,(H,16,18). The summed E-state index contributed by atoms with van der Waals surface area (Å²) < 4.78 is 0. The second kappa shape index (κ2) is 6.22. The smallest absolute Gasteiger partial charge is 0.282 e. The molecule has 0 aromatic heterocycles. The molecule has 0 spiro atoms. The molecule has 1 aromatic carbocycles. The lowest BCUT2D eigenvalue weighted by Crippen LogP contribution is -2.30. The second-order valence-corrected chi connectivity index (χ2v) is 5.73. The van der Waals surface area contributed by atoms with E-state index in [1.165, 1.54) is 31.0 Å². The first-order valence-corrected chi connectivity index (χ1v) is 7.09. The average Bonchev–Trinajstić information content (AvgIpc) is 2.81. The van der Waals surface area contributed by atoms with Gasteiger partial charge in [0.05, 0.1) is 4.92 Å². The predicted molar refractivity (Wildman–Crippen MR) is 76.9 cm³/mol. The van der Waals surface area contributed by atoms with E-state index < -0.39 is 10.8 Å². The number of nitrogens with zero attached hydrogens (tertiary/aromatic N) is 1. The van der Waals surface area contributed by atoms with Crippen molar-refractivity contribution in [1.29, 1.82) is 0 Å². The first kappa shape index (κ1) is 14.8. The lowest BCUT2D eigenvalue weighted by atomic mass is 9.98. The molecule has 0 aliphatic heterocycles. The quantitative estimate of drug-likeness (QED) is 0.683. The van der Waals surface area contributed by atoms with Crippen LogP contribution in [0.25, 0.3) is 0 Å². The van der Waals surface area contributed by atoms with Gasteiger partial charge in [-0.05, 0) is 30.4 Å². The zero-order valence-electron chi connectivity index (χ0n) is 11.3. The summed E-state index contributed by atoms with van der Waals surface area (Å²) in [5, 5.41) is 14.0. The van der Waals surface area contributed by atoms with Crippen LogP contribution < -0.4 is 5.32 Å². The molecular weight excluding hydrogens is 280 g/mol. The molecule has 20 heavy (non-hydrogen) atoms. The number of carbonyl (C=O) groups excluding carboxylic acids is 1. The molecule has 0 heterocycles. The Bertz CT molecular complexity index is 533. The maximum absolute atomic E-state index is 12.1. The van der Waals surface area contributed by atoms with E-state index in [4.69, 9.17) is 11.6 Å². The van der Waals surface area contributed by atoms with Crippen molar-refractivity contribution in [2.75, 3.05) is 6.54 Å². The Balaban J connectivity index is 2.08. The third kappa shape index (κ3) is 3.28. The van der Waals surface area contributed by atoms with Crippen molar-refractivity contribution in [3.05, 3.63) is 38.9 Å². The van der Waals surface area contributed by atoms with Crippen molar-refractivity contribution in [3.8, 4) is 0 Å². The minimum Gasteiger partial charge on any atom is -0.352 e. The average molecular weight is 297 g/mol. The fourth-order valence-corrected chi connectivity index (χ4v) is 2.87. The maximum Gasteiger partial charge on any atom is 0.282 e. The SMILES string of the molecule is CC1CCCC1CNC(=O)c1cc(Cl)ccc1[N+](=O)[O-]. The fourth-order valence-electron chi connectivity index (χ4n) is 2.69. The molecule has 108 valence electrons. The normalized spacial score (nSPS) is 21.7. The molecule has 1 aliphatic rings. The summed E-state index contributed by atoms with van der Waals surface area (Å²) >= 11 is 5.81. The number of halogens is 1. The van der Waals surface area contributed by atoms with Gasteiger partial charge >= 0.3 is 0 Å². The van der Waals surface area contributed by atoms with Gasteiger partial charge in [0.1, 0.15) is 5.56 Å². The first-order valence-electron chi connectivity index (χ1n) is 6.71. The van der Waals surface area contributed by atoms with Crippen LogP contribution in [0.5, 0.6) is 0 Å². The predicted octanol–water partition coefficient (Wildman–Crippen LogP) is 3.41. The molecular formula is C14H17ClN2O3. The summed E-state index contributed by atoms with van der Waals surface area (Å²) in [6, 6.07) is 4.01. The van der Waals surface area contributed by atoms with Crippen LogP contribution in [0, 0.1) is 22.0 Å². The minimum absolute atomic E-state index is 0.0214. The molecule has 6 heteroatoms. The second-order valence-electron chi connectivity index (χ2n) is 5.30. The Morgan fingerprint density at radius 3 is 2.85 bits per heavy atom. The van der Waals surface area contributed by atoms with E-state index in [2.05, 4.69) is 12.2 Å². The number of carbonyl (C=O) groups is 1. The molecule has 2 unspecified atom stereocenters. The number of nitrogens with one attached hydrogen (secondary N) is 1. The number of hydrogen-bond donors (Lipinski definition) is 1. The van der Waals surface area contributed by atoms with Crippen molar-refractivity contribution in [2.24, 2.45) is 11.8 Å². The molecule has 0 radical (unpaired) electrons. The molecule has 1 saturated carbocycles. The van der Waals surface area contributed by atoms with Gasteiger partial charge in [0.25, 0.3) is 11.6 Å². The largest absolute Gasteiger partial charge is 0.352 e. The summed E-state index contributed by atoms with van der Waals surface area (Å²) in [5.41, 5.74) is -0.195. The summed E-state index contributed by atoms with van der Waals surface area (Å²) in [5.74, 6) is 0.611. The van der Waals surface area contributed by atoms with Crippen LogP contribution in [0.1, 0.15) is 36.5 Å². The topological polar surface area (TPSA) is 72.2 Å². The maximum atomic E-state index is 12.1. The fraction of sp³-hybridized carbons (Fsp3) is 0.500. The Hall–Kier alpha value is -1.62. The summed E-state index contributed by atoms with van der Waals surface area (Å²) in [6.45, 7) is 2.73. The van der Waals surface area contributed by atoms with E-state index in [1.54, 1.807) is 0 Å². The van der Waals surface area contributed by atoms with Crippen molar-refractivity contribution in [2.45, 2.75) is 26.2 Å². The van der Waals surface area contributed by atoms with Crippen LogP contribution in [-0.2, 0) is 0 Å². The van der Waals surface area contributed by atoms with E-state index in [9.17, 15) is 14.9 Å². The summed E-state index contributed by atoms with van der Waals surface area (Å²) in [6.07, 6.45) is 3.45. The highest BCUT2D eigenvalue weighted by Crippen LogP contribution is 2.30. The van der Waals surface area contributed by atoms with Crippen molar-refractivity contribution >= 4 is 23.2 Å². The zero-order chi connectivity index (χ0) is 14.7. The Labute approximate surface area is 122 Å². The Kier molecular flexibility index (Phi) is 4.60. The van der Waals surface area contributed by atoms with Gasteiger partial charge in [0.2, 0.25) is 0 Å². The molecule has 1 fully saturated rings. The van der Waals surface area contributed by atoms with E-state index in [0.29, 0.717) is 23.4 Å². The Morgan fingerprint density at radius 1 is 1.50 bits per heavy atom. The third-order valence-electron chi connectivity index (χ3n) is 3.96. The van der Waals surface area contributed by atoms with Gasteiger partial charge in [-0.3, -0.25) is 14.9 Å². The van der Waals surface area contributed by atoms with Gasteiger partial charge in [-0.15, -0.1) is 0 Å². The van der Waals surface area contributed by atoms with Crippen LogP contribution in [0.3, 0.4) is 0 Å². The van der Waals surface area contributed by atoms with Crippen molar-refractivity contribution in [1.82, 2.24) is 5.32 Å². The van der Waals surface area contributed by atoms with E-state index in [0.717, 1.165) is 6.42 Å². The van der Waals surface area contributed by atoms with Crippen molar-refractivity contribution < 1.29 is 9.72 Å².